The molecular weight excluding hydrogens is 265 g/mol. The minimum atomic E-state index is -0.909. The number of amides is 1. The van der Waals surface area contributed by atoms with Crippen molar-refractivity contribution < 1.29 is 14.1 Å². The van der Waals surface area contributed by atoms with Gasteiger partial charge in [0.05, 0.1) is 16.7 Å². The molecule has 6 nitrogen and oxygen atoms in total. The summed E-state index contributed by atoms with van der Waals surface area (Å²) in [6, 6.07) is 1.57. The average Bonchev–Trinajstić information content (AvgIpc) is 2.38. The summed E-state index contributed by atoms with van der Waals surface area (Å²) in [7, 11) is 1.55. The quantitative estimate of drug-likeness (QED) is 0.522. The number of halogens is 1. The fourth-order valence-electron chi connectivity index (χ4n) is 1.72. The second-order valence-electron chi connectivity index (χ2n) is 5.05. The molecule has 0 fully saturated rings. The van der Waals surface area contributed by atoms with E-state index >= 15 is 0 Å². The summed E-state index contributed by atoms with van der Waals surface area (Å²) >= 11 is 0. The standard InChI is InChI=1S/C13H18FN3O3/c1-7(2)8(3)16(4)13(18)9-5-11(15)10(14)6-12(9)17(19)20/h5-8H,15H2,1-4H3. The second kappa shape index (κ2) is 5.85. The van der Waals surface area contributed by atoms with Gasteiger partial charge in [-0.25, -0.2) is 4.39 Å². The molecule has 2 N–H and O–H groups in total. The maximum Gasteiger partial charge on any atom is 0.285 e. The van der Waals surface area contributed by atoms with Crippen LogP contribution in [0.1, 0.15) is 31.1 Å². The number of rotatable bonds is 4. The van der Waals surface area contributed by atoms with Crippen LogP contribution in [-0.4, -0.2) is 28.8 Å². The Bertz CT molecular complexity index is 546. The Labute approximate surface area is 116 Å². The van der Waals surface area contributed by atoms with Crippen LogP contribution in [0.25, 0.3) is 0 Å². The first kappa shape index (κ1) is 15.9. The SMILES string of the molecule is CC(C)C(C)N(C)C(=O)c1cc(N)c(F)cc1[N+](=O)[O-]. The van der Waals surface area contributed by atoms with Crippen molar-refractivity contribution in [3.05, 3.63) is 33.6 Å². The molecule has 20 heavy (non-hydrogen) atoms. The van der Waals surface area contributed by atoms with Gasteiger partial charge in [-0.05, 0) is 18.9 Å². The van der Waals surface area contributed by atoms with Crippen LogP contribution < -0.4 is 5.73 Å². The Morgan fingerprint density at radius 1 is 1.40 bits per heavy atom. The van der Waals surface area contributed by atoms with E-state index in [1.54, 1.807) is 7.05 Å². The third-order valence-electron chi connectivity index (χ3n) is 3.44. The summed E-state index contributed by atoms with van der Waals surface area (Å²) in [4.78, 5) is 23.9. The first-order valence-electron chi connectivity index (χ1n) is 6.17. The van der Waals surface area contributed by atoms with Crippen LogP contribution in [0.2, 0.25) is 0 Å². The Kier molecular flexibility index (Phi) is 4.65. The molecule has 1 aromatic carbocycles. The molecule has 1 atom stereocenters. The van der Waals surface area contributed by atoms with Gasteiger partial charge in [0.1, 0.15) is 5.56 Å². The van der Waals surface area contributed by atoms with E-state index in [2.05, 4.69) is 0 Å². The van der Waals surface area contributed by atoms with Gasteiger partial charge in [0.25, 0.3) is 11.6 Å². The minimum Gasteiger partial charge on any atom is -0.396 e. The van der Waals surface area contributed by atoms with E-state index in [1.807, 2.05) is 20.8 Å². The molecule has 7 heteroatoms. The predicted octanol–water partition coefficient (Wildman–Crippen LogP) is 2.43. The molecular formula is C13H18FN3O3. The molecule has 0 bridgehead atoms. The highest BCUT2D eigenvalue weighted by Crippen LogP contribution is 2.26. The molecule has 0 spiro atoms. The zero-order valence-electron chi connectivity index (χ0n) is 11.9. The minimum absolute atomic E-state index is 0.117. The van der Waals surface area contributed by atoms with Gasteiger partial charge in [-0.1, -0.05) is 13.8 Å². The first-order valence-corrected chi connectivity index (χ1v) is 6.17. The maximum absolute atomic E-state index is 13.3. The lowest BCUT2D eigenvalue weighted by Gasteiger charge is -2.28. The number of hydrogen-bond acceptors (Lipinski definition) is 4. The zero-order valence-corrected chi connectivity index (χ0v) is 11.9. The molecule has 0 aromatic heterocycles. The summed E-state index contributed by atoms with van der Waals surface area (Å²) in [5.41, 5.74) is 4.32. The summed E-state index contributed by atoms with van der Waals surface area (Å²) in [5.74, 6) is -1.28. The highest BCUT2D eigenvalue weighted by molar-refractivity contribution is 5.99. The number of benzene rings is 1. The van der Waals surface area contributed by atoms with Gasteiger partial charge in [0, 0.05) is 13.1 Å². The van der Waals surface area contributed by atoms with E-state index in [0.29, 0.717) is 6.07 Å². The van der Waals surface area contributed by atoms with Crippen LogP contribution >= 0.6 is 0 Å². The van der Waals surface area contributed by atoms with Crippen LogP contribution in [0.15, 0.2) is 12.1 Å². The molecule has 0 aliphatic heterocycles. The van der Waals surface area contributed by atoms with E-state index in [4.69, 9.17) is 5.73 Å². The van der Waals surface area contributed by atoms with Crippen LogP contribution in [0, 0.1) is 21.8 Å². The number of carbonyl (C=O) groups is 1. The van der Waals surface area contributed by atoms with Crippen molar-refractivity contribution in [3.8, 4) is 0 Å². The maximum atomic E-state index is 13.3. The lowest BCUT2D eigenvalue weighted by Crippen LogP contribution is -2.38. The molecule has 0 aliphatic carbocycles. The molecule has 1 amide bonds. The van der Waals surface area contributed by atoms with Crippen LogP contribution in [-0.2, 0) is 0 Å². The fourth-order valence-corrected chi connectivity index (χ4v) is 1.72. The molecule has 0 saturated heterocycles. The van der Waals surface area contributed by atoms with Crippen molar-refractivity contribution in [1.82, 2.24) is 4.90 Å². The van der Waals surface area contributed by atoms with Crippen molar-refractivity contribution in [3.63, 3.8) is 0 Å². The molecule has 110 valence electrons. The van der Waals surface area contributed by atoms with Crippen LogP contribution in [0.5, 0.6) is 0 Å². The third-order valence-corrected chi connectivity index (χ3v) is 3.44. The zero-order chi connectivity index (χ0) is 15.6. The van der Waals surface area contributed by atoms with Crippen molar-refractivity contribution in [2.75, 3.05) is 12.8 Å². The number of nitrogen functional groups attached to an aromatic ring is 1. The van der Waals surface area contributed by atoms with Gasteiger partial charge < -0.3 is 10.6 Å². The van der Waals surface area contributed by atoms with E-state index in [-0.39, 0.29) is 23.2 Å². The first-order chi connectivity index (χ1) is 9.16. The van der Waals surface area contributed by atoms with Gasteiger partial charge in [-0.15, -0.1) is 0 Å². The summed E-state index contributed by atoms with van der Waals surface area (Å²) in [5, 5.41) is 10.9. The lowest BCUT2D eigenvalue weighted by atomic mass is 10.0. The summed E-state index contributed by atoms with van der Waals surface area (Å²) in [6.07, 6.45) is 0. The normalized spacial score (nSPS) is 12.3. The molecule has 0 saturated carbocycles. The van der Waals surface area contributed by atoms with Crippen molar-refractivity contribution >= 4 is 17.3 Å². The highest BCUT2D eigenvalue weighted by atomic mass is 19.1. The van der Waals surface area contributed by atoms with Crippen LogP contribution in [0.4, 0.5) is 15.8 Å². The Hall–Kier alpha value is -2.18. The fraction of sp³-hybridized carbons (Fsp3) is 0.462. The van der Waals surface area contributed by atoms with Gasteiger partial charge in [-0.2, -0.15) is 0 Å². The topological polar surface area (TPSA) is 89.5 Å². The number of nitrogens with two attached hydrogens (primary N) is 1. The number of nitrogens with zero attached hydrogens (tertiary/aromatic N) is 2. The van der Waals surface area contributed by atoms with Gasteiger partial charge in [0.2, 0.25) is 0 Å². The third kappa shape index (κ3) is 3.04. The van der Waals surface area contributed by atoms with E-state index in [1.165, 1.54) is 4.90 Å². The Morgan fingerprint density at radius 3 is 2.40 bits per heavy atom. The van der Waals surface area contributed by atoms with E-state index < -0.39 is 22.3 Å². The number of nitro benzene ring substituents is 1. The number of carbonyl (C=O) groups excluding carboxylic acids is 1. The highest BCUT2D eigenvalue weighted by Gasteiger charge is 2.28. The molecule has 0 radical (unpaired) electrons. The summed E-state index contributed by atoms with van der Waals surface area (Å²) in [6.45, 7) is 5.70. The molecule has 0 aliphatic rings. The average molecular weight is 283 g/mol. The smallest absolute Gasteiger partial charge is 0.285 e. The largest absolute Gasteiger partial charge is 0.396 e. The summed E-state index contributed by atoms with van der Waals surface area (Å²) < 4.78 is 13.3. The Balaban J connectivity index is 3.28. The van der Waals surface area contributed by atoms with Crippen molar-refractivity contribution in [1.29, 1.82) is 0 Å². The van der Waals surface area contributed by atoms with Crippen molar-refractivity contribution in [2.24, 2.45) is 5.92 Å². The van der Waals surface area contributed by atoms with Gasteiger partial charge in [0.15, 0.2) is 5.82 Å². The predicted molar refractivity (Wildman–Crippen MR) is 73.9 cm³/mol. The number of hydrogen-bond donors (Lipinski definition) is 1. The van der Waals surface area contributed by atoms with Crippen LogP contribution in [0.3, 0.4) is 0 Å². The lowest BCUT2D eigenvalue weighted by molar-refractivity contribution is -0.385. The molecule has 1 unspecified atom stereocenters. The van der Waals surface area contributed by atoms with Gasteiger partial charge in [-0.3, -0.25) is 14.9 Å². The second-order valence-corrected chi connectivity index (χ2v) is 5.05. The van der Waals surface area contributed by atoms with E-state index in [9.17, 15) is 19.3 Å². The molecule has 1 rings (SSSR count). The van der Waals surface area contributed by atoms with Crippen molar-refractivity contribution in [2.45, 2.75) is 26.8 Å². The van der Waals surface area contributed by atoms with Gasteiger partial charge >= 0.3 is 0 Å². The number of anilines is 1. The molecule has 0 heterocycles. The number of nitro groups is 1. The monoisotopic (exact) mass is 283 g/mol. The van der Waals surface area contributed by atoms with E-state index in [0.717, 1.165) is 6.07 Å². The molecule has 1 aromatic rings. The Morgan fingerprint density at radius 2 is 1.95 bits per heavy atom.